The molecule has 0 spiro atoms. The van der Waals surface area contributed by atoms with Gasteiger partial charge in [0, 0.05) is 18.6 Å². The standard InChI is InChI=1S/C13H19ClN2O/c1-3-12(15)13(17)16(2)9-8-10-4-6-11(14)7-5-10/h4-7,12H,3,8-9,15H2,1-2H3/t12-/m1/s1. The van der Waals surface area contributed by atoms with E-state index in [1.54, 1.807) is 11.9 Å². The average Bonchev–Trinajstić information content (AvgIpc) is 2.35. The van der Waals surface area contributed by atoms with Gasteiger partial charge in [0.25, 0.3) is 0 Å². The van der Waals surface area contributed by atoms with E-state index in [9.17, 15) is 4.79 Å². The van der Waals surface area contributed by atoms with Crippen molar-refractivity contribution < 1.29 is 4.79 Å². The predicted molar refractivity (Wildman–Crippen MR) is 71.1 cm³/mol. The summed E-state index contributed by atoms with van der Waals surface area (Å²) in [5.41, 5.74) is 6.86. The van der Waals surface area contributed by atoms with Crippen LogP contribution >= 0.6 is 11.6 Å². The molecule has 1 amide bonds. The SMILES string of the molecule is CC[C@@H](N)C(=O)N(C)CCc1ccc(Cl)cc1. The monoisotopic (exact) mass is 254 g/mol. The molecular weight excluding hydrogens is 236 g/mol. The van der Waals surface area contributed by atoms with Gasteiger partial charge >= 0.3 is 0 Å². The van der Waals surface area contributed by atoms with Gasteiger partial charge in [-0.3, -0.25) is 4.79 Å². The summed E-state index contributed by atoms with van der Waals surface area (Å²) < 4.78 is 0. The van der Waals surface area contributed by atoms with Gasteiger partial charge in [0.2, 0.25) is 5.91 Å². The third-order valence-corrected chi connectivity index (χ3v) is 3.03. The highest BCUT2D eigenvalue weighted by atomic mass is 35.5. The first-order valence-electron chi connectivity index (χ1n) is 5.79. The highest BCUT2D eigenvalue weighted by molar-refractivity contribution is 6.30. The molecule has 4 heteroatoms. The van der Waals surface area contributed by atoms with Crippen molar-refractivity contribution in [2.24, 2.45) is 5.73 Å². The minimum Gasteiger partial charge on any atom is -0.344 e. The smallest absolute Gasteiger partial charge is 0.239 e. The van der Waals surface area contributed by atoms with Crippen molar-refractivity contribution in [3.05, 3.63) is 34.9 Å². The number of amides is 1. The molecule has 1 aromatic rings. The fourth-order valence-corrected chi connectivity index (χ4v) is 1.64. The molecule has 0 aliphatic carbocycles. The minimum absolute atomic E-state index is 0.00136. The summed E-state index contributed by atoms with van der Waals surface area (Å²) in [6, 6.07) is 7.28. The molecule has 1 rings (SSSR count). The van der Waals surface area contributed by atoms with Gasteiger partial charge in [-0.05, 0) is 30.5 Å². The summed E-state index contributed by atoms with van der Waals surface area (Å²) in [6.45, 7) is 2.59. The molecule has 2 N–H and O–H groups in total. The Kier molecular flexibility index (Phi) is 5.45. The zero-order valence-corrected chi connectivity index (χ0v) is 11.1. The molecule has 0 aliphatic heterocycles. The van der Waals surface area contributed by atoms with Crippen molar-refractivity contribution in [3.8, 4) is 0 Å². The lowest BCUT2D eigenvalue weighted by Crippen LogP contribution is -2.42. The summed E-state index contributed by atoms with van der Waals surface area (Å²) in [6.07, 6.45) is 1.49. The lowest BCUT2D eigenvalue weighted by atomic mass is 10.1. The molecule has 0 aromatic heterocycles. The molecule has 0 saturated heterocycles. The molecule has 0 bridgehead atoms. The normalized spacial score (nSPS) is 12.2. The van der Waals surface area contributed by atoms with E-state index in [0.29, 0.717) is 13.0 Å². The van der Waals surface area contributed by atoms with Crippen LogP contribution in [0.25, 0.3) is 0 Å². The highest BCUT2D eigenvalue weighted by Gasteiger charge is 2.15. The number of benzene rings is 1. The first-order valence-corrected chi connectivity index (χ1v) is 6.17. The van der Waals surface area contributed by atoms with Gasteiger partial charge in [0.15, 0.2) is 0 Å². The van der Waals surface area contributed by atoms with E-state index in [1.165, 1.54) is 5.56 Å². The second kappa shape index (κ2) is 6.62. The van der Waals surface area contributed by atoms with E-state index >= 15 is 0 Å². The van der Waals surface area contributed by atoms with Crippen LogP contribution in [0.15, 0.2) is 24.3 Å². The molecule has 17 heavy (non-hydrogen) atoms. The van der Waals surface area contributed by atoms with Crippen molar-refractivity contribution in [2.45, 2.75) is 25.8 Å². The second-order valence-corrected chi connectivity index (χ2v) is 4.59. The maximum atomic E-state index is 11.7. The van der Waals surface area contributed by atoms with E-state index in [1.807, 2.05) is 31.2 Å². The number of carbonyl (C=O) groups is 1. The van der Waals surface area contributed by atoms with Crippen molar-refractivity contribution >= 4 is 17.5 Å². The third kappa shape index (κ3) is 4.36. The van der Waals surface area contributed by atoms with Gasteiger partial charge in [-0.25, -0.2) is 0 Å². The Bertz CT molecular complexity index is 364. The van der Waals surface area contributed by atoms with Crippen LogP contribution in [-0.4, -0.2) is 30.4 Å². The summed E-state index contributed by atoms with van der Waals surface area (Å²) in [4.78, 5) is 13.4. The summed E-state index contributed by atoms with van der Waals surface area (Å²) in [5.74, 6) is 0.00136. The number of nitrogens with zero attached hydrogens (tertiary/aromatic N) is 1. The Balaban J connectivity index is 2.45. The van der Waals surface area contributed by atoms with Crippen LogP contribution in [0.2, 0.25) is 5.02 Å². The van der Waals surface area contributed by atoms with Crippen LogP contribution in [0.4, 0.5) is 0 Å². The van der Waals surface area contributed by atoms with Gasteiger partial charge in [-0.2, -0.15) is 0 Å². The second-order valence-electron chi connectivity index (χ2n) is 4.15. The molecule has 0 heterocycles. The lowest BCUT2D eigenvalue weighted by molar-refractivity contribution is -0.131. The molecule has 0 aliphatic rings. The van der Waals surface area contributed by atoms with Crippen LogP contribution in [-0.2, 0) is 11.2 Å². The molecule has 0 radical (unpaired) electrons. The maximum absolute atomic E-state index is 11.7. The number of hydrogen-bond donors (Lipinski definition) is 1. The van der Waals surface area contributed by atoms with Crippen LogP contribution in [0.3, 0.4) is 0 Å². The highest BCUT2D eigenvalue weighted by Crippen LogP contribution is 2.10. The summed E-state index contributed by atoms with van der Waals surface area (Å²) in [5, 5.41) is 0.728. The topological polar surface area (TPSA) is 46.3 Å². The first-order chi connectivity index (χ1) is 8.04. The number of nitrogens with two attached hydrogens (primary N) is 1. The van der Waals surface area contributed by atoms with Crippen molar-refractivity contribution in [1.82, 2.24) is 4.90 Å². The third-order valence-electron chi connectivity index (χ3n) is 2.78. The Morgan fingerprint density at radius 2 is 2.00 bits per heavy atom. The Labute approximate surface area is 108 Å². The lowest BCUT2D eigenvalue weighted by Gasteiger charge is -2.20. The van der Waals surface area contributed by atoms with Gasteiger partial charge in [0.1, 0.15) is 0 Å². The zero-order valence-electron chi connectivity index (χ0n) is 10.3. The van der Waals surface area contributed by atoms with E-state index in [4.69, 9.17) is 17.3 Å². The van der Waals surface area contributed by atoms with E-state index in [2.05, 4.69) is 0 Å². The van der Waals surface area contributed by atoms with Crippen LogP contribution in [0.5, 0.6) is 0 Å². The number of carbonyl (C=O) groups excluding carboxylic acids is 1. The molecule has 3 nitrogen and oxygen atoms in total. The largest absolute Gasteiger partial charge is 0.344 e. The van der Waals surface area contributed by atoms with Crippen molar-refractivity contribution in [3.63, 3.8) is 0 Å². The number of halogens is 1. The molecule has 1 atom stereocenters. The minimum atomic E-state index is -0.384. The molecule has 0 saturated carbocycles. The zero-order chi connectivity index (χ0) is 12.8. The van der Waals surface area contributed by atoms with Crippen molar-refractivity contribution in [1.29, 1.82) is 0 Å². The predicted octanol–water partition coefficient (Wildman–Crippen LogP) is 2.08. The van der Waals surface area contributed by atoms with E-state index in [-0.39, 0.29) is 11.9 Å². The van der Waals surface area contributed by atoms with Crippen molar-refractivity contribution in [2.75, 3.05) is 13.6 Å². The number of hydrogen-bond acceptors (Lipinski definition) is 2. The van der Waals surface area contributed by atoms with Crippen LogP contribution < -0.4 is 5.73 Å². The van der Waals surface area contributed by atoms with Gasteiger partial charge in [0.05, 0.1) is 6.04 Å². The Morgan fingerprint density at radius 3 is 2.53 bits per heavy atom. The fraction of sp³-hybridized carbons (Fsp3) is 0.462. The summed E-state index contributed by atoms with van der Waals surface area (Å²) in [7, 11) is 1.79. The van der Waals surface area contributed by atoms with Gasteiger partial charge in [-0.15, -0.1) is 0 Å². The molecular formula is C13H19ClN2O. The Hall–Kier alpha value is -1.06. The van der Waals surface area contributed by atoms with E-state index in [0.717, 1.165) is 11.4 Å². The quantitative estimate of drug-likeness (QED) is 0.875. The van der Waals surface area contributed by atoms with Crippen LogP contribution in [0, 0.1) is 0 Å². The molecule has 0 unspecified atom stereocenters. The first kappa shape index (κ1) is 14.0. The molecule has 94 valence electrons. The average molecular weight is 255 g/mol. The molecule has 0 fully saturated rings. The van der Waals surface area contributed by atoms with E-state index < -0.39 is 0 Å². The Morgan fingerprint density at radius 1 is 1.41 bits per heavy atom. The van der Waals surface area contributed by atoms with Crippen LogP contribution in [0.1, 0.15) is 18.9 Å². The van der Waals surface area contributed by atoms with Gasteiger partial charge < -0.3 is 10.6 Å². The maximum Gasteiger partial charge on any atom is 0.239 e. The number of likely N-dealkylation sites (N-methyl/N-ethyl adjacent to an activating group) is 1. The van der Waals surface area contributed by atoms with Gasteiger partial charge in [-0.1, -0.05) is 30.7 Å². The number of rotatable bonds is 5. The molecule has 1 aromatic carbocycles. The summed E-state index contributed by atoms with van der Waals surface area (Å²) >= 11 is 5.80. The fourth-order valence-electron chi connectivity index (χ4n) is 1.52.